The molecule has 0 saturated heterocycles. The fourth-order valence-corrected chi connectivity index (χ4v) is 3.77. The van der Waals surface area contributed by atoms with E-state index in [-0.39, 0.29) is 36.8 Å². The molecule has 11 heteroatoms. The van der Waals surface area contributed by atoms with Crippen LogP contribution in [0.25, 0.3) is 0 Å². The number of phenolic OH excluding ortho intramolecular Hbond substituents is 1. The fraction of sp³-hybridized carbons (Fsp3) is 0.611. The average Bonchev–Trinajstić information content (AvgIpc) is 2.66. The van der Waals surface area contributed by atoms with E-state index in [0.717, 1.165) is 5.56 Å². The zero-order chi connectivity index (χ0) is 22.2. The van der Waals surface area contributed by atoms with E-state index in [0.29, 0.717) is 17.5 Å². The van der Waals surface area contributed by atoms with Gasteiger partial charge in [0, 0.05) is 19.5 Å². The van der Waals surface area contributed by atoms with Crippen molar-refractivity contribution in [3.05, 3.63) is 28.8 Å². The standard InChI is InChI=1S/C18H30N2O7S2/c1-5-28(23,24)19-11-16(12-20-29(25,26)6-2)27-17(21)8-7-15-9-13(3)18(22)14(4)10-15/h9-10,16,19-20,22H,5-8,11-12H2,1-4H3. The number of aromatic hydroxyl groups is 1. The predicted molar refractivity (Wildman–Crippen MR) is 111 cm³/mol. The third kappa shape index (κ3) is 9.11. The van der Waals surface area contributed by atoms with E-state index in [4.69, 9.17) is 4.74 Å². The van der Waals surface area contributed by atoms with Crippen molar-refractivity contribution in [2.24, 2.45) is 0 Å². The lowest BCUT2D eigenvalue weighted by molar-refractivity contribution is -0.148. The Hall–Kier alpha value is -1.69. The third-order valence-corrected chi connectivity index (χ3v) is 7.02. The molecule has 1 rings (SSSR count). The largest absolute Gasteiger partial charge is 0.507 e. The third-order valence-electron chi connectivity index (χ3n) is 4.29. The number of benzene rings is 1. The number of rotatable bonds is 12. The lowest BCUT2D eigenvalue weighted by Crippen LogP contribution is -2.43. The molecule has 0 aromatic heterocycles. The van der Waals surface area contributed by atoms with Gasteiger partial charge in [-0.25, -0.2) is 26.3 Å². The molecule has 3 N–H and O–H groups in total. The van der Waals surface area contributed by atoms with Gasteiger partial charge in [-0.05, 0) is 50.8 Å². The van der Waals surface area contributed by atoms with Crippen LogP contribution in [0.4, 0.5) is 0 Å². The highest BCUT2D eigenvalue weighted by atomic mass is 32.2. The van der Waals surface area contributed by atoms with E-state index in [1.807, 2.05) is 0 Å². The molecular weight excluding hydrogens is 420 g/mol. The highest BCUT2D eigenvalue weighted by Crippen LogP contribution is 2.23. The number of esters is 1. The number of hydrogen-bond donors (Lipinski definition) is 3. The lowest BCUT2D eigenvalue weighted by atomic mass is 10.0. The van der Waals surface area contributed by atoms with E-state index >= 15 is 0 Å². The monoisotopic (exact) mass is 450 g/mol. The van der Waals surface area contributed by atoms with Crippen LogP contribution in [-0.2, 0) is 36.0 Å². The average molecular weight is 451 g/mol. The number of sulfonamides is 2. The lowest BCUT2D eigenvalue weighted by Gasteiger charge is -2.19. The van der Waals surface area contributed by atoms with Gasteiger partial charge in [-0.3, -0.25) is 4.79 Å². The van der Waals surface area contributed by atoms with Crippen LogP contribution >= 0.6 is 0 Å². The van der Waals surface area contributed by atoms with Crippen molar-refractivity contribution in [2.75, 3.05) is 24.6 Å². The molecule has 1 aromatic carbocycles. The van der Waals surface area contributed by atoms with Gasteiger partial charge in [-0.15, -0.1) is 0 Å². The van der Waals surface area contributed by atoms with Crippen molar-refractivity contribution in [3.8, 4) is 5.75 Å². The van der Waals surface area contributed by atoms with Crippen LogP contribution in [0.15, 0.2) is 12.1 Å². The summed E-state index contributed by atoms with van der Waals surface area (Å²) in [6, 6.07) is 3.55. The van der Waals surface area contributed by atoms with Crippen molar-refractivity contribution in [3.63, 3.8) is 0 Å². The van der Waals surface area contributed by atoms with Gasteiger partial charge in [-0.1, -0.05) is 12.1 Å². The topological polar surface area (TPSA) is 139 Å². The second kappa shape index (κ2) is 10.9. The van der Waals surface area contributed by atoms with Crippen LogP contribution in [0.2, 0.25) is 0 Å². The molecule has 0 atom stereocenters. The number of nitrogens with one attached hydrogen (secondary N) is 2. The zero-order valence-electron chi connectivity index (χ0n) is 17.2. The first-order valence-corrected chi connectivity index (χ1v) is 12.6. The maximum atomic E-state index is 12.2. The molecular formula is C18H30N2O7S2. The van der Waals surface area contributed by atoms with Crippen LogP contribution < -0.4 is 9.44 Å². The van der Waals surface area contributed by atoms with Crippen molar-refractivity contribution in [1.29, 1.82) is 0 Å². The summed E-state index contributed by atoms with van der Waals surface area (Å²) >= 11 is 0. The highest BCUT2D eigenvalue weighted by Gasteiger charge is 2.20. The molecule has 1 aromatic rings. The van der Waals surface area contributed by atoms with Gasteiger partial charge in [-0.2, -0.15) is 0 Å². The molecule has 0 unspecified atom stereocenters. The summed E-state index contributed by atoms with van der Waals surface area (Å²) in [5.74, 6) is -0.658. The number of carbonyl (C=O) groups is 1. The molecule has 0 amide bonds. The number of phenols is 1. The van der Waals surface area contributed by atoms with E-state index in [2.05, 4.69) is 9.44 Å². The summed E-state index contributed by atoms with van der Waals surface area (Å²) in [7, 11) is -7.04. The second-order valence-electron chi connectivity index (χ2n) is 6.69. The van der Waals surface area contributed by atoms with Gasteiger partial charge >= 0.3 is 5.97 Å². The molecule has 0 radical (unpaired) electrons. The van der Waals surface area contributed by atoms with E-state index in [9.17, 15) is 26.7 Å². The van der Waals surface area contributed by atoms with Crippen molar-refractivity contribution < 1.29 is 31.5 Å². The number of hydrogen-bond acceptors (Lipinski definition) is 7. The summed E-state index contributed by atoms with van der Waals surface area (Å²) in [5.41, 5.74) is 2.26. The Morgan fingerprint density at radius 3 is 1.86 bits per heavy atom. The minimum absolute atomic E-state index is 0.0290. The van der Waals surface area contributed by atoms with E-state index in [1.54, 1.807) is 26.0 Å². The Morgan fingerprint density at radius 2 is 1.45 bits per heavy atom. The van der Waals surface area contributed by atoms with Gasteiger partial charge in [0.15, 0.2) is 0 Å². The van der Waals surface area contributed by atoms with Crippen LogP contribution in [0.1, 0.15) is 37.0 Å². The van der Waals surface area contributed by atoms with Gasteiger partial charge in [0.05, 0.1) is 11.5 Å². The molecule has 9 nitrogen and oxygen atoms in total. The van der Waals surface area contributed by atoms with E-state index in [1.165, 1.54) is 13.8 Å². The minimum atomic E-state index is -3.52. The van der Waals surface area contributed by atoms with Crippen LogP contribution in [-0.4, -0.2) is 58.6 Å². The fourth-order valence-electron chi connectivity index (χ4n) is 2.48. The van der Waals surface area contributed by atoms with Gasteiger partial charge in [0.25, 0.3) is 0 Å². The first kappa shape index (κ1) is 25.3. The zero-order valence-corrected chi connectivity index (χ0v) is 18.8. The maximum Gasteiger partial charge on any atom is 0.306 e. The second-order valence-corrected chi connectivity index (χ2v) is 10.9. The first-order valence-electron chi connectivity index (χ1n) is 9.32. The molecule has 0 saturated carbocycles. The van der Waals surface area contributed by atoms with Crippen molar-refractivity contribution in [1.82, 2.24) is 9.44 Å². The molecule has 29 heavy (non-hydrogen) atoms. The number of aryl methyl sites for hydroxylation is 3. The summed E-state index contributed by atoms with van der Waals surface area (Å²) < 4.78 is 56.4. The number of ether oxygens (including phenoxy) is 1. The quantitative estimate of drug-likeness (QED) is 0.399. The molecule has 0 heterocycles. The first-order chi connectivity index (χ1) is 13.4. The summed E-state index contributed by atoms with van der Waals surface area (Å²) in [4.78, 5) is 12.2. The SMILES string of the molecule is CCS(=O)(=O)NCC(CNS(=O)(=O)CC)OC(=O)CCc1cc(C)c(O)c(C)c1. The van der Waals surface area contributed by atoms with Gasteiger partial charge < -0.3 is 9.84 Å². The molecule has 0 spiro atoms. The van der Waals surface area contributed by atoms with Crippen LogP contribution in [0, 0.1) is 13.8 Å². The molecule has 0 aliphatic rings. The summed E-state index contributed by atoms with van der Waals surface area (Å²) in [5, 5.41) is 9.81. The summed E-state index contributed by atoms with van der Waals surface area (Å²) in [6.07, 6.45) is -0.579. The maximum absolute atomic E-state index is 12.2. The van der Waals surface area contributed by atoms with Crippen LogP contribution in [0.5, 0.6) is 5.75 Å². The minimum Gasteiger partial charge on any atom is -0.507 e. The molecule has 0 aliphatic carbocycles. The number of carbonyl (C=O) groups excluding carboxylic acids is 1. The Bertz CT molecular complexity index is 851. The highest BCUT2D eigenvalue weighted by molar-refractivity contribution is 7.89. The van der Waals surface area contributed by atoms with Crippen LogP contribution in [0.3, 0.4) is 0 Å². The van der Waals surface area contributed by atoms with Crippen molar-refractivity contribution >= 4 is 26.0 Å². The molecule has 0 fully saturated rings. The molecule has 0 bridgehead atoms. The van der Waals surface area contributed by atoms with Crippen molar-refractivity contribution in [2.45, 2.75) is 46.6 Å². The summed E-state index contributed by atoms with van der Waals surface area (Å²) in [6.45, 7) is 5.99. The molecule has 166 valence electrons. The van der Waals surface area contributed by atoms with Gasteiger partial charge in [0.2, 0.25) is 20.0 Å². The van der Waals surface area contributed by atoms with Gasteiger partial charge in [0.1, 0.15) is 11.9 Å². The Kier molecular flexibility index (Phi) is 9.53. The Balaban J connectivity index is 2.73. The smallest absolute Gasteiger partial charge is 0.306 e. The predicted octanol–water partition coefficient (Wildman–Crippen LogP) is 0.732. The molecule has 0 aliphatic heterocycles. The normalized spacial score (nSPS) is 12.3. The van der Waals surface area contributed by atoms with E-state index < -0.39 is 32.1 Å². The Labute approximate surface area is 173 Å². The Morgan fingerprint density at radius 1 is 1.00 bits per heavy atom.